The maximum absolute atomic E-state index is 11.8. The highest BCUT2D eigenvalue weighted by atomic mass is 16.6. The average molecular weight is 382 g/mol. The van der Waals surface area contributed by atoms with Gasteiger partial charge in [0.05, 0.1) is 0 Å². The Morgan fingerprint density at radius 3 is 2.93 bits per heavy atom. The van der Waals surface area contributed by atoms with Crippen LogP contribution in [0.4, 0.5) is 16.3 Å². The number of H-pyrrole nitrogens is 1. The highest BCUT2D eigenvalue weighted by molar-refractivity contribution is 6.00. The lowest BCUT2D eigenvalue weighted by Gasteiger charge is -2.14. The first kappa shape index (κ1) is 18.5. The highest BCUT2D eigenvalue weighted by Crippen LogP contribution is 2.36. The van der Waals surface area contributed by atoms with Gasteiger partial charge in [-0.25, -0.2) is 4.79 Å². The number of fused-ring (bicyclic) bond motifs is 1. The molecule has 7 heteroatoms. The van der Waals surface area contributed by atoms with Crippen molar-refractivity contribution in [2.75, 3.05) is 5.32 Å². The number of carbonyl (C=O) groups excluding carboxylic acids is 2. The zero-order valence-corrected chi connectivity index (χ0v) is 16.2. The van der Waals surface area contributed by atoms with Crippen LogP contribution in [0.5, 0.6) is 0 Å². The summed E-state index contributed by atoms with van der Waals surface area (Å²) >= 11 is 0. The lowest BCUT2D eigenvalue weighted by molar-refractivity contribution is 0.0977. The molecule has 7 nitrogen and oxygen atoms in total. The molecule has 28 heavy (non-hydrogen) atoms. The van der Waals surface area contributed by atoms with Crippen LogP contribution in [-0.4, -0.2) is 34.2 Å². The smallest absolute Gasteiger partial charge is 0.407 e. The largest absolute Gasteiger partial charge is 0.446 e. The second-order valence-corrected chi connectivity index (χ2v) is 7.96. The summed E-state index contributed by atoms with van der Waals surface area (Å²) in [5, 5.41) is 13.5. The van der Waals surface area contributed by atoms with Crippen molar-refractivity contribution >= 4 is 23.4 Å². The number of hydrogen-bond acceptors (Lipinski definition) is 5. The Bertz CT molecular complexity index is 890. The maximum atomic E-state index is 11.8. The molecule has 1 saturated carbocycles. The summed E-state index contributed by atoms with van der Waals surface area (Å²) in [5.74, 6) is 1.28. The number of benzene rings is 1. The van der Waals surface area contributed by atoms with E-state index in [1.54, 1.807) is 0 Å². The van der Waals surface area contributed by atoms with E-state index in [-0.39, 0.29) is 24.0 Å². The van der Waals surface area contributed by atoms with Gasteiger partial charge in [-0.3, -0.25) is 9.89 Å². The van der Waals surface area contributed by atoms with E-state index in [1.807, 2.05) is 38.1 Å². The summed E-state index contributed by atoms with van der Waals surface area (Å²) in [6.07, 6.45) is 3.63. The van der Waals surface area contributed by atoms with Gasteiger partial charge in [0.1, 0.15) is 6.10 Å². The van der Waals surface area contributed by atoms with Crippen LogP contribution >= 0.6 is 0 Å². The number of Topliss-reactive ketones (excluding diaryl/α,β-unsaturated/α-hetero) is 1. The van der Waals surface area contributed by atoms with Crippen LogP contribution in [0.2, 0.25) is 0 Å². The van der Waals surface area contributed by atoms with Crippen molar-refractivity contribution in [1.29, 1.82) is 0 Å². The van der Waals surface area contributed by atoms with Crippen molar-refractivity contribution in [2.24, 2.45) is 0 Å². The quantitative estimate of drug-likeness (QED) is 0.725. The molecule has 2 atom stereocenters. The van der Waals surface area contributed by atoms with Crippen molar-refractivity contribution in [3.8, 4) is 0 Å². The molecule has 0 spiro atoms. The first-order valence-corrected chi connectivity index (χ1v) is 9.93. The fourth-order valence-corrected chi connectivity index (χ4v) is 4.04. The predicted octanol–water partition coefficient (Wildman–Crippen LogP) is 4.05. The molecular weight excluding hydrogens is 356 g/mol. The van der Waals surface area contributed by atoms with Gasteiger partial charge in [-0.05, 0) is 63.3 Å². The van der Waals surface area contributed by atoms with E-state index < -0.39 is 0 Å². The third kappa shape index (κ3) is 4.03. The molecule has 1 aromatic carbocycles. The third-order valence-electron chi connectivity index (χ3n) is 5.40. The molecule has 0 unspecified atom stereocenters. The Kier molecular flexibility index (Phi) is 5.07. The minimum Gasteiger partial charge on any atom is -0.446 e. The van der Waals surface area contributed by atoms with E-state index in [0.29, 0.717) is 12.3 Å². The highest BCUT2D eigenvalue weighted by Gasteiger charge is 2.30. The molecule has 1 aromatic heterocycles. The van der Waals surface area contributed by atoms with Crippen molar-refractivity contribution in [3.63, 3.8) is 0 Å². The first-order chi connectivity index (χ1) is 13.5. The van der Waals surface area contributed by atoms with E-state index in [2.05, 4.69) is 20.8 Å². The van der Waals surface area contributed by atoms with Crippen LogP contribution in [-0.2, 0) is 11.2 Å². The lowest BCUT2D eigenvalue weighted by atomic mass is 10.0. The number of aryl methyl sites for hydroxylation is 1. The number of aromatic nitrogens is 2. The van der Waals surface area contributed by atoms with Crippen LogP contribution in [0, 0.1) is 0 Å². The molecule has 4 rings (SSSR count). The normalized spacial score (nSPS) is 21.0. The molecule has 1 amide bonds. The Morgan fingerprint density at radius 2 is 2.11 bits per heavy atom. The zero-order valence-electron chi connectivity index (χ0n) is 16.2. The van der Waals surface area contributed by atoms with Crippen LogP contribution in [0.3, 0.4) is 0 Å². The van der Waals surface area contributed by atoms with Gasteiger partial charge in [-0.1, -0.05) is 0 Å². The molecule has 3 N–H and O–H groups in total. The average Bonchev–Trinajstić information content (AvgIpc) is 3.35. The van der Waals surface area contributed by atoms with E-state index in [0.717, 1.165) is 54.0 Å². The molecule has 0 aliphatic heterocycles. The third-order valence-corrected chi connectivity index (χ3v) is 5.40. The van der Waals surface area contributed by atoms with Gasteiger partial charge < -0.3 is 15.4 Å². The minimum absolute atomic E-state index is 0.0577. The molecule has 1 heterocycles. The van der Waals surface area contributed by atoms with Crippen molar-refractivity contribution in [1.82, 2.24) is 15.5 Å². The van der Waals surface area contributed by atoms with E-state index in [1.165, 1.54) is 0 Å². The number of hydrogen-bond donors (Lipinski definition) is 3. The Hall–Kier alpha value is -2.83. The molecule has 2 aliphatic carbocycles. The number of ether oxygens (including phenoxy) is 1. The summed E-state index contributed by atoms with van der Waals surface area (Å²) in [7, 11) is 0. The Morgan fingerprint density at radius 1 is 1.25 bits per heavy atom. The topological polar surface area (TPSA) is 96.1 Å². The van der Waals surface area contributed by atoms with E-state index >= 15 is 0 Å². The fraction of sp³-hybridized carbons (Fsp3) is 0.476. The van der Waals surface area contributed by atoms with Gasteiger partial charge in [0.15, 0.2) is 11.6 Å². The van der Waals surface area contributed by atoms with Crippen LogP contribution < -0.4 is 10.6 Å². The van der Waals surface area contributed by atoms with Crippen molar-refractivity contribution in [3.05, 3.63) is 41.1 Å². The number of aromatic amines is 1. The first-order valence-electron chi connectivity index (χ1n) is 9.93. The number of nitrogens with zero attached hydrogens (tertiary/aromatic N) is 1. The molecule has 0 saturated heterocycles. The fourth-order valence-electron chi connectivity index (χ4n) is 4.04. The summed E-state index contributed by atoms with van der Waals surface area (Å²) in [4.78, 5) is 23.5. The van der Waals surface area contributed by atoms with Gasteiger partial charge in [0.2, 0.25) is 0 Å². The van der Waals surface area contributed by atoms with Gasteiger partial charge in [0.25, 0.3) is 0 Å². The van der Waals surface area contributed by atoms with Gasteiger partial charge in [-0.2, -0.15) is 5.10 Å². The molecule has 2 aliphatic rings. The van der Waals surface area contributed by atoms with Crippen molar-refractivity contribution in [2.45, 2.75) is 64.0 Å². The number of carbonyl (C=O) groups is 2. The number of amides is 1. The second kappa shape index (κ2) is 7.66. The minimum atomic E-state index is -0.345. The monoisotopic (exact) mass is 382 g/mol. The van der Waals surface area contributed by atoms with Gasteiger partial charge >= 0.3 is 6.09 Å². The predicted molar refractivity (Wildman–Crippen MR) is 106 cm³/mol. The van der Waals surface area contributed by atoms with Crippen LogP contribution in [0.15, 0.2) is 24.3 Å². The summed E-state index contributed by atoms with van der Waals surface area (Å²) in [6.45, 7) is 3.83. The van der Waals surface area contributed by atoms with Crippen LogP contribution in [0.1, 0.15) is 67.1 Å². The second-order valence-electron chi connectivity index (χ2n) is 7.96. The number of rotatable bonds is 5. The van der Waals surface area contributed by atoms with Gasteiger partial charge in [0, 0.05) is 41.4 Å². The Labute approximate surface area is 164 Å². The van der Waals surface area contributed by atoms with Crippen LogP contribution in [0.25, 0.3) is 0 Å². The maximum Gasteiger partial charge on any atom is 0.407 e. The van der Waals surface area contributed by atoms with Crippen molar-refractivity contribution < 1.29 is 14.3 Å². The molecule has 2 aromatic rings. The number of alkyl carbamates (subject to hydrolysis) is 1. The molecular formula is C21H26N4O3. The number of ketones is 1. The van der Waals surface area contributed by atoms with E-state index in [4.69, 9.17) is 4.74 Å². The SMILES string of the molecule is CC(C)NC(=O)O[C@@H]1CC[C@H](c2cc(Nc3ccc4c(c3)CCC4=O)n[nH]2)C1. The molecule has 148 valence electrons. The Balaban J connectivity index is 1.35. The summed E-state index contributed by atoms with van der Waals surface area (Å²) in [6, 6.07) is 7.93. The summed E-state index contributed by atoms with van der Waals surface area (Å²) in [5.41, 5.74) is 3.92. The van der Waals surface area contributed by atoms with E-state index in [9.17, 15) is 9.59 Å². The number of anilines is 2. The van der Waals surface area contributed by atoms with Gasteiger partial charge in [-0.15, -0.1) is 0 Å². The molecule has 0 bridgehead atoms. The lowest BCUT2D eigenvalue weighted by Crippen LogP contribution is -2.33. The summed E-state index contributed by atoms with van der Waals surface area (Å²) < 4.78 is 5.50. The zero-order chi connectivity index (χ0) is 19.7. The number of nitrogens with one attached hydrogen (secondary N) is 3. The molecule has 0 radical (unpaired) electrons. The molecule has 1 fully saturated rings. The standard InChI is InChI=1S/C21H26N4O3/c1-12(2)22-21(27)28-16-6-3-14(10-16)18-11-20(25-24-18)23-15-5-7-17-13(9-15)4-8-19(17)26/h5,7,9,11-12,14,16H,3-4,6,8,10H2,1-2H3,(H,22,27)(H2,23,24,25)/t14-,16+/m0/s1.